The molecule has 36 heavy (non-hydrogen) atoms. The molecule has 3 aromatic carbocycles. The van der Waals surface area contributed by atoms with Crippen LogP contribution in [0.1, 0.15) is 42.0 Å². The van der Waals surface area contributed by atoms with Gasteiger partial charge in [0.15, 0.2) is 6.61 Å². The number of nitrogens with one attached hydrogen (secondary N) is 1. The van der Waals surface area contributed by atoms with Crippen LogP contribution in [0.5, 0.6) is 5.75 Å². The fraction of sp³-hybridized carbons (Fsp3) is 0.333. The second-order valence-electron chi connectivity index (χ2n) is 9.06. The molecule has 0 heterocycles. The zero-order valence-electron chi connectivity index (χ0n) is 21.3. The second kappa shape index (κ2) is 13.8. The van der Waals surface area contributed by atoms with Crippen LogP contribution in [-0.4, -0.2) is 35.9 Å². The Labute approximate surface area is 223 Å². The van der Waals surface area contributed by atoms with Crippen LogP contribution in [0.25, 0.3) is 0 Å². The Kier molecular flexibility index (Phi) is 10.6. The molecule has 0 spiro atoms. The molecule has 1 atom stereocenters. The summed E-state index contributed by atoms with van der Waals surface area (Å²) in [5.74, 6) is 0.239. The van der Waals surface area contributed by atoms with Gasteiger partial charge in [-0.2, -0.15) is 0 Å². The Morgan fingerprint density at radius 1 is 0.972 bits per heavy atom. The van der Waals surface area contributed by atoms with Crippen LogP contribution in [0.4, 0.5) is 0 Å². The molecule has 3 aromatic rings. The van der Waals surface area contributed by atoms with Gasteiger partial charge < -0.3 is 15.0 Å². The summed E-state index contributed by atoms with van der Waals surface area (Å²) < 4.78 is 6.86. The molecule has 6 heteroatoms. The van der Waals surface area contributed by atoms with Gasteiger partial charge in [0.2, 0.25) is 5.91 Å². The topological polar surface area (TPSA) is 58.6 Å². The predicted molar refractivity (Wildman–Crippen MR) is 148 cm³/mol. The van der Waals surface area contributed by atoms with Crippen molar-refractivity contribution >= 4 is 27.7 Å². The van der Waals surface area contributed by atoms with Crippen LogP contribution < -0.4 is 10.1 Å². The highest BCUT2D eigenvalue weighted by atomic mass is 79.9. The molecule has 0 aliphatic heterocycles. The average molecular weight is 552 g/mol. The van der Waals surface area contributed by atoms with Crippen LogP contribution in [-0.2, 0) is 22.6 Å². The van der Waals surface area contributed by atoms with Gasteiger partial charge in [0.1, 0.15) is 11.8 Å². The molecular formula is C30H35BrN2O3. The van der Waals surface area contributed by atoms with Crippen molar-refractivity contribution in [3.63, 3.8) is 0 Å². The summed E-state index contributed by atoms with van der Waals surface area (Å²) in [6.45, 7) is 6.83. The van der Waals surface area contributed by atoms with Gasteiger partial charge in [-0.1, -0.05) is 89.4 Å². The van der Waals surface area contributed by atoms with E-state index in [0.717, 1.165) is 39.6 Å². The number of nitrogens with zero attached hydrogens (tertiary/aromatic N) is 1. The molecule has 0 bridgehead atoms. The Morgan fingerprint density at radius 3 is 2.42 bits per heavy atom. The first kappa shape index (κ1) is 27.5. The number of rotatable bonds is 12. The maximum absolute atomic E-state index is 13.6. The van der Waals surface area contributed by atoms with E-state index in [-0.39, 0.29) is 18.4 Å². The summed E-state index contributed by atoms with van der Waals surface area (Å²) in [6, 6.07) is 22.8. The number of carbonyl (C=O) groups is 2. The second-order valence-corrected chi connectivity index (χ2v) is 9.91. The Hall–Kier alpha value is -3.12. The first-order valence-corrected chi connectivity index (χ1v) is 13.2. The minimum Gasteiger partial charge on any atom is -0.484 e. The van der Waals surface area contributed by atoms with Crippen LogP contribution in [0, 0.1) is 13.8 Å². The zero-order chi connectivity index (χ0) is 25.9. The molecule has 0 unspecified atom stereocenters. The highest BCUT2D eigenvalue weighted by Crippen LogP contribution is 2.22. The fourth-order valence-corrected chi connectivity index (χ4v) is 4.25. The lowest BCUT2D eigenvalue weighted by molar-refractivity contribution is -0.142. The average Bonchev–Trinajstić information content (AvgIpc) is 2.87. The summed E-state index contributed by atoms with van der Waals surface area (Å²) >= 11 is 3.49. The van der Waals surface area contributed by atoms with Gasteiger partial charge in [-0.25, -0.2) is 0 Å². The van der Waals surface area contributed by atoms with Crippen molar-refractivity contribution in [3.05, 3.63) is 99.5 Å². The SMILES string of the molecule is CCCCNC(=O)[C@H](Cc1ccccc1)N(Cc1cccc(C)c1)C(=O)COc1ccc(Br)c(C)c1. The minimum absolute atomic E-state index is 0.146. The molecular weight excluding hydrogens is 516 g/mol. The lowest BCUT2D eigenvalue weighted by Gasteiger charge is -2.31. The van der Waals surface area contributed by atoms with Crippen molar-refractivity contribution in [1.29, 1.82) is 0 Å². The number of hydrogen-bond donors (Lipinski definition) is 1. The van der Waals surface area contributed by atoms with Crippen molar-refractivity contribution in [1.82, 2.24) is 10.2 Å². The van der Waals surface area contributed by atoms with Crippen LogP contribution >= 0.6 is 15.9 Å². The third-order valence-electron chi connectivity index (χ3n) is 6.03. The summed E-state index contributed by atoms with van der Waals surface area (Å²) in [6.07, 6.45) is 2.30. The molecule has 0 saturated heterocycles. The number of benzene rings is 3. The van der Waals surface area contributed by atoms with E-state index in [2.05, 4.69) is 28.2 Å². The van der Waals surface area contributed by atoms with Crippen molar-refractivity contribution < 1.29 is 14.3 Å². The molecule has 5 nitrogen and oxygen atoms in total. The van der Waals surface area contributed by atoms with E-state index >= 15 is 0 Å². The number of aryl methyl sites for hydroxylation is 2. The number of halogens is 1. The van der Waals surface area contributed by atoms with Gasteiger partial charge in [0.05, 0.1) is 0 Å². The first-order valence-electron chi connectivity index (χ1n) is 12.4. The van der Waals surface area contributed by atoms with Gasteiger partial charge in [-0.05, 0) is 55.2 Å². The third kappa shape index (κ3) is 8.23. The highest BCUT2D eigenvalue weighted by molar-refractivity contribution is 9.10. The molecule has 3 rings (SSSR count). The standard InChI is InChI=1S/C30H35BrN2O3/c1-4-5-16-32-30(35)28(19-24-11-7-6-8-12-24)33(20-25-13-9-10-22(2)17-25)29(34)21-36-26-14-15-27(31)23(3)18-26/h6-15,17-18,28H,4-5,16,19-21H2,1-3H3,(H,32,35)/t28-/m0/s1. The summed E-state index contributed by atoms with van der Waals surface area (Å²) in [4.78, 5) is 28.7. The van der Waals surface area contributed by atoms with Gasteiger partial charge in [-0.15, -0.1) is 0 Å². The van der Waals surface area contributed by atoms with Crippen LogP contribution in [0.15, 0.2) is 77.3 Å². The fourth-order valence-electron chi connectivity index (χ4n) is 4.00. The van der Waals surface area contributed by atoms with Gasteiger partial charge in [0, 0.05) is 24.0 Å². The van der Waals surface area contributed by atoms with E-state index in [4.69, 9.17) is 4.74 Å². The molecule has 0 fully saturated rings. The maximum Gasteiger partial charge on any atom is 0.261 e. The quantitative estimate of drug-likeness (QED) is 0.281. The van der Waals surface area contributed by atoms with E-state index in [0.29, 0.717) is 25.3 Å². The molecule has 0 radical (unpaired) electrons. The molecule has 0 aromatic heterocycles. The van der Waals surface area contributed by atoms with Crippen LogP contribution in [0.3, 0.4) is 0 Å². The molecule has 190 valence electrons. The van der Waals surface area contributed by atoms with E-state index in [9.17, 15) is 9.59 Å². The third-order valence-corrected chi connectivity index (χ3v) is 6.92. The molecule has 0 saturated carbocycles. The molecule has 0 aliphatic carbocycles. The first-order chi connectivity index (χ1) is 17.4. The Bertz CT molecular complexity index is 1150. The van der Waals surface area contributed by atoms with Crippen molar-refractivity contribution in [2.45, 2.75) is 52.6 Å². The normalized spacial score (nSPS) is 11.6. The van der Waals surface area contributed by atoms with Gasteiger partial charge in [-0.3, -0.25) is 9.59 Å². The van der Waals surface area contributed by atoms with Crippen LogP contribution in [0.2, 0.25) is 0 Å². The molecule has 0 aliphatic rings. The van der Waals surface area contributed by atoms with E-state index in [1.807, 2.05) is 86.6 Å². The smallest absolute Gasteiger partial charge is 0.261 e. The predicted octanol–water partition coefficient (Wildman–Crippen LogP) is 6.00. The van der Waals surface area contributed by atoms with Crippen molar-refractivity contribution in [3.8, 4) is 5.75 Å². The van der Waals surface area contributed by atoms with E-state index in [1.54, 1.807) is 4.90 Å². The number of ether oxygens (including phenoxy) is 1. The lowest BCUT2D eigenvalue weighted by Crippen LogP contribution is -2.51. The van der Waals surface area contributed by atoms with E-state index < -0.39 is 6.04 Å². The zero-order valence-corrected chi connectivity index (χ0v) is 22.9. The highest BCUT2D eigenvalue weighted by Gasteiger charge is 2.30. The van der Waals surface area contributed by atoms with Gasteiger partial charge >= 0.3 is 0 Å². The number of hydrogen-bond acceptors (Lipinski definition) is 3. The summed E-state index contributed by atoms with van der Waals surface area (Å²) in [7, 11) is 0. The minimum atomic E-state index is -0.660. The summed E-state index contributed by atoms with van der Waals surface area (Å²) in [5.41, 5.74) is 4.10. The number of carbonyl (C=O) groups excluding carboxylic acids is 2. The van der Waals surface area contributed by atoms with Crippen molar-refractivity contribution in [2.24, 2.45) is 0 Å². The van der Waals surface area contributed by atoms with Gasteiger partial charge in [0.25, 0.3) is 5.91 Å². The Balaban J connectivity index is 1.89. The largest absolute Gasteiger partial charge is 0.484 e. The maximum atomic E-state index is 13.6. The Morgan fingerprint density at radius 2 is 1.72 bits per heavy atom. The van der Waals surface area contributed by atoms with E-state index in [1.165, 1.54) is 0 Å². The number of amides is 2. The lowest BCUT2D eigenvalue weighted by atomic mass is 10.0. The molecule has 1 N–H and O–H groups in total. The summed E-state index contributed by atoms with van der Waals surface area (Å²) in [5, 5.41) is 3.05. The molecule has 2 amide bonds. The monoisotopic (exact) mass is 550 g/mol. The van der Waals surface area contributed by atoms with Crippen molar-refractivity contribution in [2.75, 3.05) is 13.2 Å². The number of unbranched alkanes of at least 4 members (excludes halogenated alkanes) is 1.